The molecule has 1 aromatic carbocycles. The van der Waals surface area contributed by atoms with Crippen molar-refractivity contribution in [2.75, 3.05) is 12.8 Å². The zero-order valence-corrected chi connectivity index (χ0v) is 12.3. The number of benzene rings is 1. The molecule has 0 bridgehead atoms. The molecule has 0 aliphatic heterocycles. The molecule has 0 aliphatic carbocycles. The van der Waals surface area contributed by atoms with Crippen molar-refractivity contribution in [1.29, 1.82) is 0 Å². The molecule has 2 N–H and O–H groups in total. The summed E-state index contributed by atoms with van der Waals surface area (Å²) in [5.74, 6) is 1.37. The lowest BCUT2D eigenvalue weighted by atomic mass is 10.0. The van der Waals surface area contributed by atoms with Gasteiger partial charge >= 0.3 is 0 Å². The third-order valence-electron chi connectivity index (χ3n) is 3.66. The van der Waals surface area contributed by atoms with Crippen molar-refractivity contribution >= 4 is 16.6 Å². The van der Waals surface area contributed by atoms with E-state index in [0.717, 1.165) is 39.0 Å². The van der Waals surface area contributed by atoms with Crippen molar-refractivity contribution in [3.05, 3.63) is 47.8 Å². The van der Waals surface area contributed by atoms with Gasteiger partial charge in [0.1, 0.15) is 11.6 Å². The summed E-state index contributed by atoms with van der Waals surface area (Å²) in [6, 6.07) is 9.89. The Hall–Kier alpha value is -2.62. The number of pyridine rings is 2. The number of methoxy groups -OCH3 is 1. The molecular formula is C17H17N3O. The highest BCUT2D eigenvalue weighted by atomic mass is 16.5. The van der Waals surface area contributed by atoms with E-state index in [1.165, 1.54) is 0 Å². The van der Waals surface area contributed by atoms with Crippen LogP contribution in [0.1, 0.15) is 11.3 Å². The molecule has 3 rings (SSSR count). The number of nitrogen functional groups attached to an aromatic ring is 1. The summed E-state index contributed by atoms with van der Waals surface area (Å²) in [4.78, 5) is 8.87. The molecule has 21 heavy (non-hydrogen) atoms. The highest BCUT2D eigenvalue weighted by Crippen LogP contribution is 2.31. The first-order chi connectivity index (χ1) is 10.1. The van der Waals surface area contributed by atoms with Crippen LogP contribution in [0.5, 0.6) is 5.75 Å². The average molecular weight is 279 g/mol. The summed E-state index contributed by atoms with van der Waals surface area (Å²) >= 11 is 0. The fraction of sp³-hybridized carbons (Fsp3) is 0.176. The molecule has 2 aromatic heterocycles. The van der Waals surface area contributed by atoms with E-state index in [9.17, 15) is 0 Å². The summed E-state index contributed by atoms with van der Waals surface area (Å²) < 4.78 is 5.37. The minimum Gasteiger partial charge on any atom is -0.496 e. The van der Waals surface area contributed by atoms with E-state index >= 15 is 0 Å². The van der Waals surface area contributed by atoms with E-state index in [4.69, 9.17) is 10.5 Å². The average Bonchev–Trinajstić information content (AvgIpc) is 2.48. The lowest BCUT2D eigenvalue weighted by Crippen LogP contribution is -1.97. The predicted octanol–water partition coefficient (Wildman–Crippen LogP) is 3.50. The molecule has 0 unspecified atom stereocenters. The van der Waals surface area contributed by atoms with Crippen LogP contribution in [0, 0.1) is 13.8 Å². The molecule has 4 nitrogen and oxygen atoms in total. The van der Waals surface area contributed by atoms with Gasteiger partial charge in [-0.25, -0.2) is 4.98 Å². The Morgan fingerprint density at radius 3 is 2.71 bits per heavy atom. The number of aromatic nitrogens is 2. The van der Waals surface area contributed by atoms with Crippen molar-refractivity contribution in [2.45, 2.75) is 13.8 Å². The number of aryl methyl sites for hydroxylation is 1. The Bertz CT molecular complexity index is 828. The second-order valence-electron chi connectivity index (χ2n) is 5.07. The van der Waals surface area contributed by atoms with E-state index in [1.807, 2.05) is 50.4 Å². The van der Waals surface area contributed by atoms with Crippen LogP contribution in [-0.4, -0.2) is 17.1 Å². The van der Waals surface area contributed by atoms with Gasteiger partial charge in [0.05, 0.1) is 12.8 Å². The maximum atomic E-state index is 6.11. The Morgan fingerprint density at radius 1 is 1.14 bits per heavy atom. The van der Waals surface area contributed by atoms with Gasteiger partial charge < -0.3 is 10.5 Å². The van der Waals surface area contributed by atoms with E-state index < -0.39 is 0 Å². The molecule has 0 radical (unpaired) electrons. The molecule has 3 aromatic rings. The Kier molecular flexibility index (Phi) is 3.22. The first-order valence-corrected chi connectivity index (χ1v) is 6.77. The lowest BCUT2D eigenvalue weighted by molar-refractivity contribution is 0.412. The lowest BCUT2D eigenvalue weighted by Gasteiger charge is -2.11. The molecule has 0 spiro atoms. The van der Waals surface area contributed by atoms with Crippen LogP contribution < -0.4 is 10.5 Å². The molecule has 0 atom stereocenters. The van der Waals surface area contributed by atoms with Gasteiger partial charge in [-0.2, -0.15) is 0 Å². The van der Waals surface area contributed by atoms with Gasteiger partial charge in [-0.05, 0) is 32.0 Å². The summed E-state index contributed by atoms with van der Waals surface area (Å²) in [6.07, 6.45) is 1.84. The fourth-order valence-electron chi connectivity index (χ4n) is 2.53. The number of nitrogens with zero attached hydrogens (tertiary/aromatic N) is 2. The van der Waals surface area contributed by atoms with Crippen molar-refractivity contribution in [3.8, 4) is 17.0 Å². The van der Waals surface area contributed by atoms with Crippen LogP contribution >= 0.6 is 0 Å². The fourth-order valence-corrected chi connectivity index (χ4v) is 2.53. The third kappa shape index (κ3) is 2.29. The molecule has 0 aliphatic rings. The van der Waals surface area contributed by atoms with Crippen LogP contribution in [0.15, 0.2) is 36.5 Å². The number of fused-ring (bicyclic) bond motifs is 1. The highest BCUT2D eigenvalue weighted by Gasteiger charge is 2.10. The summed E-state index contributed by atoms with van der Waals surface area (Å²) in [7, 11) is 1.67. The van der Waals surface area contributed by atoms with E-state index in [-0.39, 0.29) is 0 Å². The van der Waals surface area contributed by atoms with Gasteiger partial charge in [-0.15, -0.1) is 0 Å². The maximum Gasteiger partial charge on any atom is 0.132 e. The predicted molar refractivity (Wildman–Crippen MR) is 85.4 cm³/mol. The third-order valence-corrected chi connectivity index (χ3v) is 3.66. The standard InChI is InChI=1S/C17H17N3O/c1-10-7-14-12(9-19-10)8-15(20-17(14)18)13-5-4-6-16(21-3)11(13)2/h4-9H,1-3H3,(H2,18,20). The second-order valence-corrected chi connectivity index (χ2v) is 5.07. The van der Waals surface area contributed by atoms with Gasteiger partial charge in [-0.1, -0.05) is 12.1 Å². The molecule has 2 heterocycles. The van der Waals surface area contributed by atoms with Gasteiger partial charge in [0.2, 0.25) is 0 Å². The molecule has 0 amide bonds. The first-order valence-electron chi connectivity index (χ1n) is 6.77. The van der Waals surface area contributed by atoms with Crippen molar-refractivity contribution in [1.82, 2.24) is 9.97 Å². The zero-order chi connectivity index (χ0) is 15.0. The van der Waals surface area contributed by atoms with E-state index in [1.54, 1.807) is 7.11 Å². The monoisotopic (exact) mass is 279 g/mol. The largest absolute Gasteiger partial charge is 0.496 e. The van der Waals surface area contributed by atoms with Gasteiger partial charge in [0, 0.05) is 33.8 Å². The number of hydrogen-bond donors (Lipinski definition) is 1. The van der Waals surface area contributed by atoms with Gasteiger partial charge in [0.15, 0.2) is 0 Å². The summed E-state index contributed by atoms with van der Waals surface area (Å²) in [6.45, 7) is 3.96. The SMILES string of the molecule is COc1cccc(-c2cc3cnc(C)cc3c(N)n2)c1C. The first kappa shape index (κ1) is 13.4. The van der Waals surface area contributed by atoms with Crippen LogP contribution in [0.3, 0.4) is 0 Å². The normalized spacial score (nSPS) is 10.8. The van der Waals surface area contributed by atoms with Crippen LogP contribution in [0.25, 0.3) is 22.0 Å². The number of rotatable bonds is 2. The Balaban J connectivity index is 2.24. The van der Waals surface area contributed by atoms with Crippen molar-refractivity contribution < 1.29 is 4.74 Å². The zero-order valence-electron chi connectivity index (χ0n) is 12.3. The molecule has 0 fully saturated rings. The van der Waals surface area contributed by atoms with Crippen LogP contribution in [-0.2, 0) is 0 Å². The second kappa shape index (κ2) is 5.05. The molecule has 0 saturated carbocycles. The van der Waals surface area contributed by atoms with Crippen LogP contribution in [0.4, 0.5) is 5.82 Å². The molecular weight excluding hydrogens is 262 g/mol. The van der Waals surface area contributed by atoms with Gasteiger partial charge in [-0.3, -0.25) is 4.98 Å². The topological polar surface area (TPSA) is 61.0 Å². The van der Waals surface area contributed by atoms with Crippen molar-refractivity contribution in [2.24, 2.45) is 0 Å². The molecule has 4 heteroatoms. The summed E-state index contributed by atoms with van der Waals surface area (Å²) in [5, 5.41) is 1.93. The number of anilines is 1. The van der Waals surface area contributed by atoms with Gasteiger partial charge in [0.25, 0.3) is 0 Å². The highest BCUT2D eigenvalue weighted by molar-refractivity contribution is 5.93. The van der Waals surface area contributed by atoms with Crippen molar-refractivity contribution in [3.63, 3.8) is 0 Å². The van der Waals surface area contributed by atoms with E-state index in [2.05, 4.69) is 9.97 Å². The van der Waals surface area contributed by atoms with E-state index in [0.29, 0.717) is 5.82 Å². The number of hydrogen-bond acceptors (Lipinski definition) is 4. The number of nitrogens with two attached hydrogens (primary N) is 1. The molecule has 106 valence electrons. The number of ether oxygens (including phenoxy) is 1. The maximum absolute atomic E-state index is 6.11. The Labute approximate surface area is 123 Å². The minimum atomic E-state index is 0.523. The Morgan fingerprint density at radius 2 is 1.95 bits per heavy atom. The molecule has 0 saturated heterocycles. The minimum absolute atomic E-state index is 0.523. The summed E-state index contributed by atoms with van der Waals surface area (Å²) in [5.41, 5.74) is 9.95. The quantitative estimate of drug-likeness (QED) is 0.780. The smallest absolute Gasteiger partial charge is 0.132 e. The van der Waals surface area contributed by atoms with Crippen LogP contribution in [0.2, 0.25) is 0 Å².